The number of rotatable bonds is 6. The van der Waals surface area contributed by atoms with Crippen LogP contribution in [0.4, 0.5) is 0 Å². The second-order valence-electron chi connectivity index (χ2n) is 6.43. The average Bonchev–Trinajstić information content (AvgIpc) is 3.40. The smallest absolute Gasteiger partial charge is 0.196 e. The summed E-state index contributed by atoms with van der Waals surface area (Å²) in [7, 11) is 1.69. The lowest BCUT2D eigenvalue weighted by Gasteiger charge is -2.11. The Bertz CT molecular complexity index is 869. The first-order chi connectivity index (χ1) is 12.2. The number of nitrogens with zero attached hydrogens (tertiary/aromatic N) is 3. The minimum absolute atomic E-state index is 0.544. The van der Waals surface area contributed by atoms with Gasteiger partial charge in [-0.25, -0.2) is 0 Å². The number of hydrogen-bond donors (Lipinski definition) is 0. The molecule has 1 saturated carbocycles. The largest absolute Gasteiger partial charge is 0.497 e. The van der Waals surface area contributed by atoms with Gasteiger partial charge in [0.2, 0.25) is 0 Å². The minimum atomic E-state index is 0.544. The van der Waals surface area contributed by atoms with Gasteiger partial charge in [0.25, 0.3) is 0 Å². The van der Waals surface area contributed by atoms with Crippen LogP contribution in [-0.4, -0.2) is 21.9 Å². The van der Waals surface area contributed by atoms with Gasteiger partial charge in [0, 0.05) is 17.4 Å². The first-order valence-corrected chi connectivity index (χ1v) is 9.51. The molecule has 4 rings (SSSR count). The lowest BCUT2D eigenvalue weighted by atomic mass is 10.2. The van der Waals surface area contributed by atoms with Crippen molar-refractivity contribution in [1.29, 1.82) is 0 Å². The highest BCUT2D eigenvalue weighted by molar-refractivity contribution is 7.98. The van der Waals surface area contributed by atoms with Gasteiger partial charge in [-0.15, -0.1) is 10.2 Å². The van der Waals surface area contributed by atoms with E-state index in [1.165, 1.54) is 24.0 Å². The van der Waals surface area contributed by atoms with E-state index in [-0.39, 0.29) is 0 Å². The number of ether oxygens (including phenoxy) is 1. The third-order valence-electron chi connectivity index (χ3n) is 4.38. The van der Waals surface area contributed by atoms with E-state index >= 15 is 0 Å². The topological polar surface area (TPSA) is 39.9 Å². The molecular formula is C20H21N3OS. The van der Waals surface area contributed by atoms with Crippen molar-refractivity contribution in [3.63, 3.8) is 0 Å². The molecule has 1 heterocycles. The summed E-state index contributed by atoms with van der Waals surface area (Å²) in [4.78, 5) is 0. The van der Waals surface area contributed by atoms with Crippen LogP contribution < -0.4 is 4.74 Å². The summed E-state index contributed by atoms with van der Waals surface area (Å²) in [6.45, 7) is 2.12. The number of methoxy groups -OCH3 is 1. The molecule has 0 saturated heterocycles. The molecule has 128 valence electrons. The van der Waals surface area contributed by atoms with Gasteiger partial charge in [-0.3, -0.25) is 4.57 Å². The molecule has 1 aliphatic rings. The second-order valence-corrected chi connectivity index (χ2v) is 7.37. The zero-order chi connectivity index (χ0) is 17.2. The van der Waals surface area contributed by atoms with Crippen LogP contribution in [0.2, 0.25) is 0 Å². The number of benzene rings is 2. The summed E-state index contributed by atoms with van der Waals surface area (Å²) in [6, 6.07) is 16.7. The van der Waals surface area contributed by atoms with E-state index in [2.05, 4.69) is 58.1 Å². The van der Waals surface area contributed by atoms with Gasteiger partial charge in [0.05, 0.1) is 7.11 Å². The maximum atomic E-state index is 5.28. The second kappa shape index (κ2) is 6.92. The average molecular weight is 351 g/mol. The summed E-state index contributed by atoms with van der Waals surface area (Å²) in [5.74, 6) is 3.37. The molecule has 3 aromatic rings. The summed E-state index contributed by atoms with van der Waals surface area (Å²) in [5.41, 5.74) is 3.69. The number of aryl methyl sites for hydroxylation is 1. The van der Waals surface area contributed by atoms with Crippen LogP contribution in [0.5, 0.6) is 5.75 Å². The molecule has 5 heteroatoms. The van der Waals surface area contributed by atoms with Gasteiger partial charge in [0.1, 0.15) is 11.6 Å². The van der Waals surface area contributed by atoms with Crippen molar-refractivity contribution in [2.24, 2.45) is 0 Å². The molecule has 0 unspecified atom stereocenters. The van der Waals surface area contributed by atoms with Gasteiger partial charge in [-0.2, -0.15) is 0 Å². The Hall–Kier alpha value is -2.27. The lowest BCUT2D eigenvalue weighted by Crippen LogP contribution is -2.02. The molecule has 0 bridgehead atoms. The Labute approximate surface area is 152 Å². The molecular weight excluding hydrogens is 330 g/mol. The summed E-state index contributed by atoms with van der Waals surface area (Å²) >= 11 is 1.74. The molecule has 0 N–H and O–H groups in total. The van der Waals surface area contributed by atoms with E-state index in [4.69, 9.17) is 4.74 Å². The maximum Gasteiger partial charge on any atom is 0.196 e. The standard InChI is InChI=1S/C20H21N3OS/c1-14-4-3-5-15(12-14)13-25-20-22-21-19(16-6-7-16)23(20)17-8-10-18(24-2)11-9-17/h3-5,8-12,16H,6-7,13H2,1-2H3. The normalized spacial score (nSPS) is 13.8. The predicted octanol–water partition coefficient (Wildman–Crippen LogP) is 4.75. The van der Waals surface area contributed by atoms with Crippen LogP contribution in [0.3, 0.4) is 0 Å². The summed E-state index contributed by atoms with van der Waals surface area (Å²) in [6.07, 6.45) is 2.41. The highest BCUT2D eigenvalue weighted by atomic mass is 32.2. The van der Waals surface area contributed by atoms with Crippen molar-refractivity contribution in [1.82, 2.24) is 14.8 Å². The number of aromatic nitrogens is 3. The summed E-state index contributed by atoms with van der Waals surface area (Å²) < 4.78 is 7.48. The molecule has 0 radical (unpaired) electrons. The van der Waals surface area contributed by atoms with E-state index in [0.29, 0.717) is 5.92 Å². The minimum Gasteiger partial charge on any atom is -0.497 e. The quantitative estimate of drug-likeness (QED) is 0.601. The SMILES string of the molecule is COc1ccc(-n2c(SCc3cccc(C)c3)nnc2C2CC2)cc1. The van der Waals surface area contributed by atoms with Crippen molar-refractivity contribution in [2.45, 2.75) is 36.6 Å². The molecule has 4 nitrogen and oxygen atoms in total. The Morgan fingerprint density at radius 3 is 2.60 bits per heavy atom. The van der Waals surface area contributed by atoms with Crippen molar-refractivity contribution in [3.8, 4) is 11.4 Å². The van der Waals surface area contributed by atoms with Gasteiger partial charge in [0.15, 0.2) is 5.16 Å². The van der Waals surface area contributed by atoms with Crippen molar-refractivity contribution in [2.75, 3.05) is 7.11 Å². The highest BCUT2D eigenvalue weighted by Crippen LogP contribution is 2.41. The first-order valence-electron chi connectivity index (χ1n) is 8.52. The van der Waals surface area contributed by atoms with Crippen LogP contribution in [0, 0.1) is 6.92 Å². The fraction of sp³-hybridized carbons (Fsp3) is 0.300. The zero-order valence-electron chi connectivity index (χ0n) is 14.5. The number of thioether (sulfide) groups is 1. The monoisotopic (exact) mass is 351 g/mol. The Morgan fingerprint density at radius 2 is 1.92 bits per heavy atom. The molecule has 1 aromatic heterocycles. The third kappa shape index (κ3) is 3.56. The Morgan fingerprint density at radius 1 is 1.12 bits per heavy atom. The van der Waals surface area contributed by atoms with Crippen LogP contribution in [0.25, 0.3) is 5.69 Å². The first kappa shape index (κ1) is 16.2. The molecule has 0 spiro atoms. The molecule has 2 aromatic carbocycles. The fourth-order valence-electron chi connectivity index (χ4n) is 2.90. The number of hydrogen-bond acceptors (Lipinski definition) is 4. The lowest BCUT2D eigenvalue weighted by molar-refractivity contribution is 0.414. The fourth-order valence-corrected chi connectivity index (χ4v) is 3.81. The Kier molecular flexibility index (Phi) is 4.49. The molecule has 1 aliphatic carbocycles. The van der Waals surface area contributed by atoms with Crippen LogP contribution in [0.15, 0.2) is 53.7 Å². The van der Waals surface area contributed by atoms with Crippen molar-refractivity contribution < 1.29 is 4.74 Å². The van der Waals surface area contributed by atoms with Crippen molar-refractivity contribution in [3.05, 3.63) is 65.5 Å². The van der Waals surface area contributed by atoms with E-state index in [0.717, 1.165) is 28.2 Å². The molecule has 1 fully saturated rings. The van der Waals surface area contributed by atoms with E-state index in [1.807, 2.05) is 12.1 Å². The van der Waals surface area contributed by atoms with Gasteiger partial charge >= 0.3 is 0 Å². The van der Waals surface area contributed by atoms with E-state index in [1.54, 1.807) is 18.9 Å². The predicted molar refractivity (Wildman–Crippen MR) is 101 cm³/mol. The van der Waals surface area contributed by atoms with Crippen LogP contribution >= 0.6 is 11.8 Å². The van der Waals surface area contributed by atoms with Crippen LogP contribution in [-0.2, 0) is 5.75 Å². The van der Waals surface area contributed by atoms with Crippen LogP contribution in [0.1, 0.15) is 35.7 Å². The van der Waals surface area contributed by atoms with Gasteiger partial charge in [-0.1, -0.05) is 41.6 Å². The van der Waals surface area contributed by atoms with Gasteiger partial charge < -0.3 is 4.74 Å². The summed E-state index contributed by atoms with van der Waals surface area (Å²) in [5, 5.41) is 9.92. The maximum absolute atomic E-state index is 5.28. The molecule has 0 amide bonds. The van der Waals surface area contributed by atoms with E-state index < -0.39 is 0 Å². The third-order valence-corrected chi connectivity index (χ3v) is 5.38. The van der Waals surface area contributed by atoms with Gasteiger partial charge in [-0.05, 0) is 49.6 Å². The molecule has 25 heavy (non-hydrogen) atoms. The Balaban J connectivity index is 1.63. The zero-order valence-corrected chi connectivity index (χ0v) is 15.3. The van der Waals surface area contributed by atoms with E-state index in [9.17, 15) is 0 Å². The molecule has 0 aliphatic heterocycles. The van der Waals surface area contributed by atoms with Crippen molar-refractivity contribution >= 4 is 11.8 Å². The molecule has 0 atom stereocenters. The highest BCUT2D eigenvalue weighted by Gasteiger charge is 2.31.